The summed E-state index contributed by atoms with van der Waals surface area (Å²) in [5.74, 6) is -0.0493. The van der Waals surface area contributed by atoms with Crippen molar-refractivity contribution in [2.24, 2.45) is 0 Å². The molecule has 0 aliphatic rings. The van der Waals surface area contributed by atoms with Crippen LogP contribution in [0.1, 0.15) is 22.8 Å². The quantitative estimate of drug-likeness (QED) is 0.718. The number of pyridine rings is 2. The average molecular weight is 282 g/mol. The predicted molar refractivity (Wildman–Crippen MR) is 75.4 cm³/mol. The van der Waals surface area contributed by atoms with Gasteiger partial charge in [-0.3, -0.25) is 9.78 Å². The molecule has 0 saturated carbocycles. The van der Waals surface area contributed by atoms with E-state index in [1.807, 2.05) is 19.1 Å². The molecule has 3 rings (SSSR count). The highest BCUT2D eigenvalue weighted by Gasteiger charge is 2.15. The molecule has 0 bridgehead atoms. The Balaban J connectivity index is 1.84. The minimum absolute atomic E-state index is 0.0493. The Labute approximate surface area is 121 Å². The summed E-state index contributed by atoms with van der Waals surface area (Å²) < 4.78 is 1.49. The second-order valence-electron chi connectivity index (χ2n) is 4.57. The van der Waals surface area contributed by atoms with Crippen molar-refractivity contribution >= 4 is 11.6 Å². The summed E-state index contributed by atoms with van der Waals surface area (Å²) in [7, 11) is 0. The highest BCUT2D eigenvalue weighted by atomic mass is 16.2. The van der Waals surface area contributed by atoms with Crippen LogP contribution in [0, 0.1) is 0 Å². The second-order valence-corrected chi connectivity index (χ2v) is 4.57. The lowest BCUT2D eigenvalue weighted by Gasteiger charge is -2.20. The van der Waals surface area contributed by atoms with Crippen molar-refractivity contribution in [2.75, 3.05) is 6.54 Å². The van der Waals surface area contributed by atoms with E-state index in [9.17, 15) is 4.79 Å². The van der Waals surface area contributed by atoms with Crippen molar-refractivity contribution in [3.05, 3.63) is 54.0 Å². The van der Waals surface area contributed by atoms with Crippen molar-refractivity contribution in [3.8, 4) is 0 Å². The van der Waals surface area contributed by atoms with Crippen LogP contribution in [-0.4, -0.2) is 42.4 Å². The molecule has 0 radical (unpaired) electrons. The van der Waals surface area contributed by atoms with Gasteiger partial charge in [0.05, 0.1) is 5.56 Å². The molecule has 1 amide bonds. The van der Waals surface area contributed by atoms with Crippen LogP contribution in [0.3, 0.4) is 0 Å². The summed E-state index contributed by atoms with van der Waals surface area (Å²) in [5.41, 5.74) is 2.22. The van der Waals surface area contributed by atoms with E-state index < -0.39 is 0 Å². The molecule has 0 fully saturated rings. The molecule has 106 valence electrons. The molecule has 21 heavy (non-hydrogen) atoms. The summed E-state index contributed by atoms with van der Waals surface area (Å²) in [6, 6.07) is 7.28. The maximum absolute atomic E-state index is 12.6. The maximum atomic E-state index is 12.6. The third-order valence-electron chi connectivity index (χ3n) is 3.23. The van der Waals surface area contributed by atoms with Crippen LogP contribution in [0.25, 0.3) is 5.65 Å². The highest BCUT2D eigenvalue weighted by molar-refractivity contribution is 5.94. The van der Waals surface area contributed by atoms with Gasteiger partial charge in [-0.1, -0.05) is 0 Å². The van der Waals surface area contributed by atoms with Crippen molar-refractivity contribution in [1.29, 1.82) is 0 Å². The topological polar surface area (TPSA) is 76.3 Å². The summed E-state index contributed by atoms with van der Waals surface area (Å²) in [6.45, 7) is 3.12. The highest BCUT2D eigenvalue weighted by Crippen LogP contribution is 2.10. The molecular weight excluding hydrogens is 268 g/mol. The van der Waals surface area contributed by atoms with Crippen molar-refractivity contribution in [2.45, 2.75) is 13.5 Å². The molecule has 0 unspecified atom stereocenters. The first-order valence-corrected chi connectivity index (χ1v) is 6.64. The van der Waals surface area contributed by atoms with E-state index in [-0.39, 0.29) is 5.91 Å². The van der Waals surface area contributed by atoms with E-state index >= 15 is 0 Å². The molecule has 0 aromatic carbocycles. The van der Waals surface area contributed by atoms with E-state index in [1.165, 1.54) is 4.52 Å². The molecule has 0 aliphatic heterocycles. The smallest absolute Gasteiger partial charge is 0.255 e. The molecule has 0 aliphatic carbocycles. The van der Waals surface area contributed by atoms with Crippen LogP contribution in [0.2, 0.25) is 0 Å². The standard InChI is InChI=1S/C14H14N6O/c1-2-19(9-11-5-7-15-8-6-11)14(21)12-3-4-13-16-17-18-20(13)10-12/h3-8,10H,2,9H2,1H3. The van der Waals surface area contributed by atoms with Gasteiger partial charge in [0.25, 0.3) is 5.91 Å². The zero-order valence-electron chi connectivity index (χ0n) is 11.5. The van der Waals surface area contributed by atoms with E-state index in [0.29, 0.717) is 24.3 Å². The second kappa shape index (κ2) is 5.66. The molecule has 3 aromatic heterocycles. The number of carbonyl (C=O) groups is 1. The van der Waals surface area contributed by atoms with E-state index in [0.717, 1.165) is 5.56 Å². The Morgan fingerprint density at radius 1 is 1.24 bits per heavy atom. The Kier molecular flexibility index (Phi) is 3.55. The predicted octanol–water partition coefficient (Wildman–Crippen LogP) is 1.18. The molecule has 3 aromatic rings. The third-order valence-corrected chi connectivity index (χ3v) is 3.23. The third kappa shape index (κ3) is 2.71. The fourth-order valence-corrected chi connectivity index (χ4v) is 2.09. The summed E-state index contributed by atoms with van der Waals surface area (Å²) in [5, 5.41) is 11.2. The molecule has 3 heterocycles. The first-order valence-electron chi connectivity index (χ1n) is 6.64. The number of tetrazole rings is 1. The Morgan fingerprint density at radius 3 is 2.81 bits per heavy atom. The molecular formula is C14H14N6O. The van der Waals surface area contributed by atoms with Gasteiger partial charge < -0.3 is 4.90 Å². The van der Waals surface area contributed by atoms with Gasteiger partial charge in [-0.25, -0.2) is 0 Å². The minimum atomic E-state index is -0.0493. The van der Waals surface area contributed by atoms with Gasteiger partial charge in [-0.2, -0.15) is 4.52 Å². The zero-order valence-corrected chi connectivity index (χ0v) is 11.5. The number of carbonyl (C=O) groups excluding carboxylic acids is 1. The van der Waals surface area contributed by atoms with Crippen LogP contribution in [0.5, 0.6) is 0 Å². The van der Waals surface area contributed by atoms with Crippen molar-refractivity contribution < 1.29 is 4.79 Å². The van der Waals surface area contributed by atoms with Crippen LogP contribution in [0.4, 0.5) is 0 Å². The zero-order chi connectivity index (χ0) is 14.7. The first kappa shape index (κ1) is 13.2. The number of hydrogen-bond donors (Lipinski definition) is 0. The van der Waals surface area contributed by atoms with Crippen molar-refractivity contribution in [1.82, 2.24) is 29.9 Å². The summed E-state index contributed by atoms with van der Waals surface area (Å²) in [6.07, 6.45) is 5.09. The van der Waals surface area contributed by atoms with Gasteiger partial charge in [0, 0.05) is 31.7 Å². The fraction of sp³-hybridized carbons (Fsp3) is 0.214. The van der Waals surface area contributed by atoms with Crippen LogP contribution in [0.15, 0.2) is 42.9 Å². The molecule has 0 spiro atoms. The van der Waals surface area contributed by atoms with Crippen LogP contribution >= 0.6 is 0 Å². The Morgan fingerprint density at radius 2 is 2.05 bits per heavy atom. The number of aromatic nitrogens is 5. The van der Waals surface area contributed by atoms with E-state index in [1.54, 1.807) is 35.6 Å². The van der Waals surface area contributed by atoms with Crippen LogP contribution < -0.4 is 0 Å². The Hall–Kier alpha value is -2.83. The fourth-order valence-electron chi connectivity index (χ4n) is 2.09. The lowest BCUT2D eigenvalue weighted by molar-refractivity contribution is 0.0752. The van der Waals surface area contributed by atoms with Gasteiger partial charge in [0.15, 0.2) is 5.65 Å². The van der Waals surface area contributed by atoms with Gasteiger partial charge in [-0.05, 0) is 47.2 Å². The normalized spacial score (nSPS) is 10.7. The number of fused-ring (bicyclic) bond motifs is 1. The number of amides is 1. The van der Waals surface area contributed by atoms with E-state index in [4.69, 9.17) is 0 Å². The number of nitrogens with zero attached hydrogens (tertiary/aromatic N) is 6. The van der Waals surface area contributed by atoms with Gasteiger partial charge in [0.2, 0.25) is 0 Å². The van der Waals surface area contributed by atoms with Gasteiger partial charge in [0.1, 0.15) is 0 Å². The first-order chi connectivity index (χ1) is 10.3. The van der Waals surface area contributed by atoms with Gasteiger partial charge >= 0.3 is 0 Å². The molecule has 7 nitrogen and oxygen atoms in total. The minimum Gasteiger partial charge on any atom is -0.335 e. The number of hydrogen-bond acceptors (Lipinski definition) is 5. The largest absolute Gasteiger partial charge is 0.335 e. The lowest BCUT2D eigenvalue weighted by atomic mass is 10.2. The van der Waals surface area contributed by atoms with Gasteiger partial charge in [-0.15, -0.1) is 5.10 Å². The number of rotatable bonds is 4. The van der Waals surface area contributed by atoms with Crippen molar-refractivity contribution in [3.63, 3.8) is 0 Å². The summed E-state index contributed by atoms with van der Waals surface area (Å²) in [4.78, 5) is 18.3. The molecule has 7 heteroatoms. The molecule has 0 saturated heterocycles. The Bertz CT molecular complexity index is 754. The molecule has 0 N–H and O–H groups in total. The molecule has 0 atom stereocenters. The van der Waals surface area contributed by atoms with E-state index in [2.05, 4.69) is 20.5 Å². The average Bonchev–Trinajstić information content (AvgIpc) is 3.00. The lowest BCUT2D eigenvalue weighted by Crippen LogP contribution is -2.30. The maximum Gasteiger partial charge on any atom is 0.255 e. The van der Waals surface area contributed by atoms with Crippen LogP contribution in [-0.2, 0) is 6.54 Å². The monoisotopic (exact) mass is 282 g/mol. The SMILES string of the molecule is CCN(Cc1ccncc1)C(=O)c1ccc2nnnn2c1. The summed E-state index contributed by atoms with van der Waals surface area (Å²) >= 11 is 0.